The highest BCUT2D eigenvalue weighted by atomic mass is 16.4. The monoisotopic (exact) mass is 283 g/mol. The van der Waals surface area contributed by atoms with E-state index >= 15 is 0 Å². The van der Waals surface area contributed by atoms with E-state index in [2.05, 4.69) is 20.6 Å². The van der Waals surface area contributed by atoms with Gasteiger partial charge in [-0.15, -0.1) is 10.2 Å². The summed E-state index contributed by atoms with van der Waals surface area (Å²) in [5.41, 5.74) is 2.10. The third-order valence-corrected chi connectivity index (χ3v) is 3.04. The molecule has 0 bridgehead atoms. The number of aryl methyl sites for hydroxylation is 1. The van der Waals surface area contributed by atoms with Crippen molar-refractivity contribution >= 4 is 0 Å². The number of hydrogen-bond acceptors (Lipinski definition) is 5. The van der Waals surface area contributed by atoms with Gasteiger partial charge in [-0.2, -0.15) is 5.10 Å². The SMILES string of the molecule is Cc1cnn(CCNCc2nnc(-c3ccccc3)o2)c1. The summed E-state index contributed by atoms with van der Waals surface area (Å²) in [5, 5.41) is 15.6. The van der Waals surface area contributed by atoms with Crippen LogP contribution in [-0.2, 0) is 13.1 Å². The molecule has 0 aliphatic rings. The van der Waals surface area contributed by atoms with E-state index in [1.54, 1.807) is 0 Å². The summed E-state index contributed by atoms with van der Waals surface area (Å²) in [6, 6.07) is 9.75. The number of hydrogen-bond donors (Lipinski definition) is 1. The second-order valence-corrected chi connectivity index (χ2v) is 4.82. The van der Waals surface area contributed by atoms with Crippen LogP contribution >= 0.6 is 0 Å². The van der Waals surface area contributed by atoms with E-state index in [1.165, 1.54) is 5.56 Å². The van der Waals surface area contributed by atoms with Crippen LogP contribution in [0.1, 0.15) is 11.5 Å². The molecule has 0 amide bonds. The zero-order valence-electron chi connectivity index (χ0n) is 11.9. The standard InChI is InChI=1S/C15H17N5O/c1-12-9-17-20(11-12)8-7-16-10-14-18-19-15(21-14)13-5-3-2-4-6-13/h2-6,9,11,16H,7-8,10H2,1H3. The molecule has 3 aromatic rings. The Labute approximate surface area is 122 Å². The third-order valence-electron chi connectivity index (χ3n) is 3.04. The Kier molecular flexibility index (Phi) is 4.07. The molecule has 0 fully saturated rings. The van der Waals surface area contributed by atoms with Crippen molar-refractivity contribution in [1.82, 2.24) is 25.3 Å². The van der Waals surface area contributed by atoms with Gasteiger partial charge in [0.1, 0.15) is 0 Å². The molecule has 0 atom stereocenters. The Morgan fingerprint density at radius 3 is 2.81 bits per heavy atom. The fraction of sp³-hybridized carbons (Fsp3) is 0.267. The molecule has 0 spiro atoms. The van der Waals surface area contributed by atoms with Crippen molar-refractivity contribution in [3.8, 4) is 11.5 Å². The Morgan fingerprint density at radius 2 is 2.05 bits per heavy atom. The lowest BCUT2D eigenvalue weighted by molar-refractivity contribution is 0.464. The Morgan fingerprint density at radius 1 is 1.19 bits per heavy atom. The number of nitrogens with one attached hydrogen (secondary N) is 1. The predicted molar refractivity (Wildman–Crippen MR) is 78.4 cm³/mol. The Balaban J connectivity index is 1.49. The molecule has 6 nitrogen and oxygen atoms in total. The van der Waals surface area contributed by atoms with E-state index in [0.29, 0.717) is 18.3 Å². The van der Waals surface area contributed by atoms with Crippen molar-refractivity contribution in [3.63, 3.8) is 0 Å². The summed E-state index contributed by atoms with van der Waals surface area (Å²) in [6.45, 7) is 4.19. The summed E-state index contributed by atoms with van der Waals surface area (Å²) in [7, 11) is 0. The molecule has 0 saturated heterocycles. The maximum absolute atomic E-state index is 5.62. The highest BCUT2D eigenvalue weighted by Gasteiger charge is 2.07. The molecular formula is C15H17N5O. The molecule has 1 aromatic carbocycles. The van der Waals surface area contributed by atoms with Crippen LogP contribution in [0.4, 0.5) is 0 Å². The average molecular weight is 283 g/mol. The third kappa shape index (κ3) is 3.55. The summed E-state index contributed by atoms with van der Waals surface area (Å²) in [4.78, 5) is 0. The second-order valence-electron chi connectivity index (χ2n) is 4.82. The molecule has 6 heteroatoms. The zero-order chi connectivity index (χ0) is 14.5. The van der Waals surface area contributed by atoms with E-state index in [1.807, 2.05) is 54.3 Å². The minimum absolute atomic E-state index is 0.551. The van der Waals surface area contributed by atoms with Gasteiger partial charge >= 0.3 is 0 Å². The molecule has 3 rings (SSSR count). The van der Waals surface area contributed by atoms with E-state index in [9.17, 15) is 0 Å². The van der Waals surface area contributed by atoms with Crippen LogP contribution < -0.4 is 5.32 Å². The van der Waals surface area contributed by atoms with E-state index in [4.69, 9.17) is 4.42 Å². The van der Waals surface area contributed by atoms with Gasteiger partial charge in [0.2, 0.25) is 11.8 Å². The molecular weight excluding hydrogens is 266 g/mol. The fourth-order valence-electron chi connectivity index (χ4n) is 2.00. The largest absolute Gasteiger partial charge is 0.419 e. The second kappa shape index (κ2) is 6.32. The summed E-state index contributed by atoms with van der Waals surface area (Å²) < 4.78 is 7.53. The van der Waals surface area contributed by atoms with Crippen LogP contribution in [-0.4, -0.2) is 26.5 Å². The number of nitrogens with zero attached hydrogens (tertiary/aromatic N) is 4. The Hall–Kier alpha value is -2.47. The van der Waals surface area contributed by atoms with Crippen molar-refractivity contribution in [1.29, 1.82) is 0 Å². The van der Waals surface area contributed by atoms with Crippen molar-refractivity contribution in [2.45, 2.75) is 20.0 Å². The van der Waals surface area contributed by atoms with E-state index < -0.39 is 0 Å². The maximum Gasteiger partial charge on any atom is 0.247 e. The van der Waals surface area contributed by atoms with Crippen molar-refractivity contribution in [2.24, 2.45) is 0 Å². The highest BCUT2D eigenvalue weighted by molar-refractivity contribution is 5.51. The van der Waals surface area contributed by atoms with Crippen LogP contribution in [0, 0.1) is 6.92 Å². The van der Waals surface area contributed by atoms with Gasteiger partial charge in [0.15, 0.2) is 0 Å². The van der Waals surface area contributed by atoms with Crippen molar-refractivity contribution in [2.75, 3.05) is 6.54 Å². The van der Waals surface area contributed by atoms with Crippen LogP contribution in [0.3, 0.4) is 0 Å². The van der Waals surface area contributed by atoms with Crippen LogP contribution in [0.15, 0.2) is 47.1 Å². The van der Waals surface area contributed by atoms with E-state index in [-0.39, 0.29) is 0 Å². The van der Waals surface area contributed by atoms with Gasteiger partial charge in [0.25, 0.3) is 0 Å². The molecule has 21 heavy (non-hydrogen) atoms. The summed E-state index contributed by atoms with van der Waals surface area (Å²) in [6.07, 6.45) is 3.87. The zero-order valence-corrected chi connectivity index (χ0v) is 11.9. The fourth-order valence-corrected chi connectivity index (χ4v) is 2.00. The smallest absolute Gasteiger partial charge is 0.247 e. The lowest BCUT2D eigenvalue weighted by atomic mass is 10.2. The topological polar surface area (TPSA) is 68.8 Å². The lowest BCUT2D eigenvalue weighted by Gasteiger charge is -2.02. The quantitative estimate of drug-likeness (QED) is 0.701. The normalized spacial score (nSPS) is 10.9. The van der Waals surface area contributed by atoms with Crippen LogP contribution in [0.25, 0.3) is 11.5 Å². The van der Waals surface area contributed by atoms with Gasteiger partial charge < -0.3 is 9.73 Å². The predicted octanol–water partition coefficient (Wildman–Crippen LogP) is 2.03. The first kappa shape index (κ1) is 13.5. The van der Waals surface area contributed by atoms with Gasteiger partial charge in [-0.3, -0.25) is 4.68 Å². The highest BCUT2D eigenvalue weighted by Crippen LogP contribution is 2.16. The minimum atomic E-state index is 0.551. The first-order valence-electron chi connectivity index (χ1n) is 6.89. The van der Waals surface area contributed by atoms with Gasteiger partial charge in [-0.25, -0.2) is 0 Å². The minimum Gasteiger partial charge on any atom is -0.419 e. The first-order chi connectivity index (χ1) is 10.3. The first-order valence-corrected chi connectivity index (χ1v) is 6.89. The van der Waals surface area contributed by atoms with Crippen LogP contribution in [0.2, 0.25) is 0 Å². The van der Waals surface area contributed by atoms with Gasteiger partial charge in [-0.1, -0.05) is 18.2 Å². The van der Waals surface area contributed by atoms with Crippen molar-refractivity contribution in [3.05, 3.63) is 54.2 Å². The van der Waals surface area contributed by atoms with Gasteiger partial charge in [0.05, 0.1) is 19.3 Å². The molecule has 2 aromatic heterocycles. The lowest BCUT2D eigenvalue weighted by Crippen LogP contribution is -2.19. The molecule has 0 radical (unpaired) electrons. The molecule has 0 saturated carbocycles. The molecule has 0 aliphatic heterocycles. The maximum atomic E-state index is 5.62. The number of benzene rings is 1. The van der Waals surface area contributed by atoms with Gasteiger partial charge in [0, 0.05) is 18.3 Å². The average Bonchev–Trinajstić information content (AvgIpc) is 3.14. The van der Waals surface area contributed by atoms with E-state index in [0.717, 1.165) is 18.7 Å². The molecule has 0 unspecified atom stereocenters. The van der Waals surface area contributed by atoms with Gasteiger partial charge in [-0.05, 0) is 24.6 Å². The van der Waals surface area contributed by atoms with Crippen molar-refractivity contribution < 1.29 is 4.42 Å². The molecule has 108 valence electrons. The molecule has 2 heterocycles. The summed E-state index contributed by atoms with van der Waals surface area (Å²) >= 11 is 0. The number of rotatable bonds is 6. The van der Waals surface area contributed by atoms with Crippen LogP contribution in [0.5, 0.6) is 0 Å². The molecule has 0 aliphatic carbocycles. The number of aromatic nitrogens is 4. The molecule has 1 N–H and O–H groups in total. The Bertz CT molecular complexity index is 689. The summed E-state index contributed by atoms with van der Waals surface area (Å²) in [5.74, 6) is 1.14.